The summed E-state index contributed by atoms with van der Waals surface area (Å²) in [5.74, 6) is 2.62. The van der Waals surface area contributed by atoms with E-state index in [0.717, 1.165) is 5.56 Å². The van der Waals surface area contributed by atoms with Gasteiger partial charge in [0.1, 0.15) is 17.3 Å². The van der Waals surface area contributed by atoms with Crippen LogP contribution in [0.15, 0.2) is 70.2 Å². The van der Waals surface area contributed by atoms with Gasteiger partial charge in [0.2, 0.25) is 0 Å². The molecule has 0 radical (unpaired) electrons. The highest BCUT2D eigenvalue weighted by Crippen LogP contribution is 2.45. The Labute approximate surface area is 193 Å². The van der Waals surface area contributed by atoms with Gasteiger partial charge in [-0.15, -0.1) is 23.5 Å². The smallest absolute Gasteiger partial charge is 0.335 e. The fourth-order valence-corrected chi connectivity index (χ4v) is 5.83. The summed E-state index contributed by atoms with van der Waals surface area (Å²) in [5, 5.41) is 12.8. The van der Waals surface area contributed by atoms with E-state index in [-0.39, 0.29) is 18.1 Å². The first kappa shape index (κ1) is 22.0. The second kappa shape index (κ2) is 10.4. The van der Waals surface area contributed by atoms with Gasteiger partial charge >= 0.3 is 5.97 Å². The van der Waals surface area contributed by atoms with Gasteiger partial charge in [0, 0.05) is 17.1 Å². The number of thioether (sulfide) groups is 2. The lowest BCUT2D eigenvalue weighted by atomic mass is 10.1. The number of hydrazone groups is 1. The molecule has 1 saturated heterocycles. The second-order valence-electron chi connectivity index (χ2n) is 6.81. The Balaban J connectivity index is 1.24. The van der Waals surface area contributed by atoms with Crippen LogP contribution in [0.4, 0.5) is 0 Å². The van der Waals surface area contributed by atoms with Crippen LogP contribution in [0.5, 0.6) is 5.75 Å². The van der Waals surface area contributed by atoms with Gasteiger partial charge in [-0.3, -0.25) is 4.79 Å². The quantitative estimate of drug-likeness (QED) is 0.366. The number of amides is 1. The molecule has 1 aromatic heterocycles. The fraction of sp³-hybridized carbons (Fsp3) is 0.174. The number of hydrogen-bond acceptors (Lipinski definition) is 7. The molecule has 9 heteroatoms. The number of rotatable bonds is 8. The van der Waals surface area contributed by atoms with Crippen molar-refractivity contribution in [1.82, 2.24) is 5.43 Å². The molecule has 0 unspecified atom stereocenters. The average molecular weight is 469 g/mol. The van der Waals surface area contributed by atoms with Gasteiger partial charge in [0.15, 0.2) is 6.61 Å². The number of nitrogens with zero attached hydrogens (tertiary/aromatic N) is 1. The average Bonchev–Trinajstić information content (AvgIpc) is 3.51. The summed E-state index contributed by atoms with van der Waals surface area (Å²) in [6.07, 6.45) is 1.39. The summed E-state index contributed by atoms with van der Waals surface area (Å²) in [6.45, 7) is -0.150. The summed E-state index contributed by atoms with van der Waals surface area (Å²) in [4.78, 5) is 22.9. The van der Waals surface area contributed by atoms with Crippen LogP contribution in [-0.2, 0) is 4.79 Å². The minimum atomic E-state index is -0.983. The maximum absolute atomic E-state index is 12.0. The highest BCUT2D eigenvalue weighted by atomic mass is 32.2. The standard InChI is InChI=1S/C23H20N2O5S2/c26-21(14-29-18-7-5-17(6-8-18)23-31-11-12-32-23)25-24-13-19-9-10-20(30-19)15-1-3-16(4-2-15)22(27)28/h1-10,13,23H,11-12,14H2,(H,25,26)(H,27,28)/b24-13-. The number of furan rings is 1. The Morgan fingerprint density at radius 2 is 1.78 bits per heavy atom. The van der Waals surface area contributed by atoms with Crippen molar-refractivity contribution >= 4 is 41.6 Å². The van der Waals surface area contributed by atoms with Crippen molar-refractivity contribution < 1.29 is 23.8 Å². The van der Waals surface area contributed by atoms with Gasteiger partial charge in [-0.2, -0.15) is 5.10 Å². The number of carbonyl (C=O) groups excluding carboxylic acids is 1. The fourth-order valence-electron chi connectivity index (χ4n) is 2.98. The van der Waals surface area contributed by atoms with Crippen molar-refractivity contribution in [2.24, 2.45) is 5.10 Å². The first-order chi connectivity index (χ1) is 15.6. The number of aromatic carboxylic acids is 1. The Hall–Kier alpha value is -3.17. The molecule has 0 atom stereocenters. The monoisotopic (exact) mass is 468 g/mol. The van der Waals surface area contributed by atoms with Crippen LogP contribution in [0.3, 0.4) is 0 Å². The van der Waals surface area contributed by atoms with Gasteiger partial charge in [-0.05, 0) is 42.0 Å². The van der Waals surface area contributed by atoms with Crippen LogP contribution < -0.4 is 10.2 Å². The van der Waals surface area contributed by atoms with E-state index >= 15 is 0 Å². The molecular weight excluding hydrogens is 448 g/mol. The minimum Gasteiger partial charge on any atom is -0.484 e. The number of carboxylic acids is 1. The number of benzene rings is 2. The zero-order chi connectivity index (χ0) is 22.3. The molecule has 0 saturated carbocycles. The molecule has 1 aliphatic rings. The molecule has 164 valence electrons. The zero-order valence-corrected chi connectivity index (χ0v) is 18.5. The lowest BCUT2D eigenvalue weighted by molar-refractivity contribution is -0.123. The van der Waals surface area contributed by atoms with Crippen molar-refractivity contribution in [1.29, 1.82) is 0 Å². The molecular formula is C23H20N2O5S2. The number of nitrogens with one attached hydrogen (secondary N) is 1. The molecule has 3 aromatic rings. The Morgan fingerprint density at radius 1 is 1.06 bits per heavy atom. The SMILES string of the molecule is O=C(COc1ccc(C2SCCS2)cc1)N/N=C\c1ccc(-c2ccc(C(=O)O)cc2)o1. The van der Waals surface area contributed by atoms with Crippen LogP contribution in [0.25, 0.3) is 11.3 Å². The first-order valence-corrected chi connectivity index (χ1v) is 11.9. The summed E-state index contributed by atoms with van der Waals surface area (Å²) >= 11 is 3.88. The lowest BCUT2D eigenvalue weighted by Crippen LogP contribution is -2.24. The first-order valence-electron chi connectivity index (χ1n) is 9.80. The van der Waals surface area contributed by atoms with Crippen molar-refractivity contribution in [2.45, 2.75) is 4.58 Å². The third kappa shape index (κ3) is 5.74. The molecule has 0 spiro atoms. The van der Waals surface area contributed by atoms with Crippen LogP contribution in [-0.4, -0.2) is 41.3 Å². The van der Waals surface area contributed by atoms with Crippen molar-refractivity contribution in [2.75, 3.05) is 18.1 Å². The molecule has 0 bridgehead atoms. The molecule has 4 rings (SSSR count). The number of carboxylic acid groups (broad SMARTS) is 1. The second-order valence-corrected chi connectivity index (χ2v) is 9.53. The van der Waals surface area contributed by atoms with Gasteiger partial charge in [0.05, 0.1) is 16.4 Å². The van der Waals surface area contributed by atoms with E-state index in [9.17, 15) is 9.59 Å². The zero-order valence-electron chi connectivity index (χ0n) is 16.9. The van der Waals surface area contributed by atoms with E-state index in [1.165, 1.54) is 35.4 Å². The third-order valence-corrected chi connectivity index (χ3v) is 7.67. The normalized spacial score (nSPS) is 14.0. The van der Waals surface area contributed by atoms with Gasteiger partial charge in [-0.25, -0.2) is 10.2 Å². The Kier molecular flexibility index (Phi) is 7.18. The van der Waals surface area contributed by atoms with Crippen LogP contribution in [0.1, 0.15) is 26.3 Å². The minimum absolute atomic E-state index is 0.150. The lowest BCUT2D eigenvalue weighted by Gasteiger charge is -2.09. The summed E-state index contributed by atoms with van der Waals surface area (Å²) in [6, 6.07) is 17.6. The molecule has 1 aliphatic heterocycles. The third-order valence-electron chi connectivity index (χ3n) is 4.57. The number of carbonyl (C=O) groups is 2. The van der Waals surface area contributed by atoms with Gasteiger partial charge in [0.25, 0.3) is 5.91 Å². The molecule has 2 aromatic carbocycles. The van der Waals surface area contributed by atoms with Crippen LogP contribution in [0, 0.1) is 0 Å². The maximum atomic E-state index is 12.0. The predicted molar refractivity (Wildman–Crippen MR) is 126 cm³/mol. The van der Waals surface area contributed by atoms with E-state index in [4.69, 9.17) is 14.3 Å². The molecule has 32 heavy (non-hydrogen) atoms. The molecule has 0 aliphatic carbocycles. The van der Waals surface area contributed by atoms with Gasteiger partial charge < -0.3 is 14.3 Å². The predicted octanol–water partition coefficient (Wildman–Crippen LogP) is 4.65. The van der Waals surface area contributed by atoms with Crippen molar-refractivity contribution in [3.05, 3.63) is 77.6 Å². The summed E-state index contributed by atoms with van der Waals surface area (Å²) in [5.41, 5.74) is 4.60. The maximum Gasteiger partial charge on any atom is 0.335 e. The van der Waals surface area contributed by atoms with Crippen LogP contribution in [0.2, 0.25) is 0 Å². The van der Waals surface area contributed by atoms with E-state index in [1.807, 2.05) is 47.8 Å². The summed E-state index contributed by atoms with van der Waals surface area (Å²) in [7, 11) is 0. The van der Waals surface area contributed by atoms with Crippen molar-refractivity contribution in [3.8, 4) is 17.1 Å². The topological polar surface area (TPSA) is 101 Å². The van der Waals surface area contributed by atoms with E-state index in [0.29, 0.717) is 21.9 Å². The Morgan fingerprint density at radius 3 is 2.47 bits per heavy atom. The molecule has 2 N–H and O–H groups in total. The van der Waals surface area contributed by atoms with Gasteiger partial charge in [-0.1, -0.05) is 24.3 Å². The Bertz CT molecular complexity index is 1100. The van der Waals surface area contributed by atoms with E-state index in [1.54, 1.807) is 24.3 Å². The molecule has 1 fully saturated rings. The molecule has 2 heterocycles. The summed E-state index contributed by atoms with van der Waals surface area (Å²) < 4.78 is 11.6. The highest BCUT2D eigenvalue weighted by Gasteiger charge is 2.18. The van der Waals surface area contributed by atoms with E-state index < -0.39 is 5.97 Å². The number of ether oxygens (including phenoxy) is 1. The van der Waals surface area contributed by atoms with E-state index in [2.05, 4.69) is 10.5 Å². The highest BCUT2D eigenvalue weighted by molar-refractivity contribution is 8.19. The van der Waals surface area contributed by atoms with Crippen molar-refractivity contribution in [3.63, 3.8) is 0 Å². The molecule has 1 amide bonds. The molecule has 7 nitrogen and oxygen atoms in total. The largest absolute Gasteiger partial charge is 0.484 e. The van der Waals surface area contributed by atoms with Crippen LogP contribution >= 0.6 is 23.5 Å². The number of hydrogen-bond donors (Lipinski definition) is 2.